The standard InChI is InChI=1S/C14H20N2O2S/c15-11-6-4-10(5-7-11)12(17)9-16-14(18)13-3-1-2-8-19-13/h4-7,12-13,17H,1-3,8-9,15H2,(H,16,18). The first-order valence-corrected chi connectivity index (χ1v) is 7.64. The number of amides is 1. The number of hydrogen-bond acceptors (Lipinski definition) is 4. The Morgan fingerprint density at radius 1 is 1.42 bits per heavy atom. The summed E-state index contributed by atoms with van der Waals surface area (Å²) in [4.78, 5) is 11.9. The van der Waals surface area contributed by atoms with Crippen molar-refractivity contribution < 1.29 is 9.90 Å². The number of anilines is 1. The van der Waals surface area contributed by atoms with Crippen LogP contribution in [0, 0.1) is 0 Å². The maximum Gasteiger partial charge on any atom is 0.233 e. The van der Waals surface area contributed by atoms with E-state index in [0.717, 1.165) is 24.2 Å². The Bertz CT molecular complexity index is 416. The quantitative estimate of drug-likeness (QED) is 0.734. The van der Waals surface area contributed by atoms with E-state index < -0.39 is 6.10 Å². The molecule has 0 spiro atoms. The van der Waals surface area contributed by atoms with Crippen molar-refractivity contribution in [2.45, 2.75) is 30.6 Å². The zero-order valence-corrected chi connectivity index (χ0v) is 11.7. The number of nitrogens with two attached hydrogens (primary N) is 1. The van der Waals surface area contributed by atoms with Gasteiger partial charge in [0.1, 0.15) is 0 Å². The van der Waals surface area contributed by atoms with E-state index in [0.29, 0.717) is 5.69 Å². The van der Waals surface area contributed by atoms with Crippen LogP contribution < -0.4 is 11.1 Å². The lowest BCUT2D eigenvalue weighted by Crippen LogP contribution is -2.36. The van der Waals surface area contributed by atoms with Gasteiger partial charge < -0.3 is 16.2 Å². The van der Waals surface area contributed by atoms with Crippen molar-refractivity contribution in [2.75, 3.05) is 18.0 Å². The molecule has 0 aromatic heterocycles. The Kier molecular flexibility index (Phi) is 5.10. The molecule has 1 aromatic carbocycles. The molecule has 1 aliphatic heterocycles. The molecular weight excluding hydrogens is 260 g/mol. The van der Waals surface area contributed by atoms with Crippen LogP contribution in [0.25, 0.3) is 0 Å². The predicted molar refractivity (Wildman–Crippen MR) is 78.9 cm³/mol. The minimum atomic E-state index is -0.682. The van der Waals surface area contributed by atoms with E-state index in [1.807, 2.05) is 0 Å². The van der Waals surface area contributed by atoms with Crippen LogP contribution in [0.5, 0.6) is 0 Å². The van der Waals surface area contributed by atoms with Gasteiger partial charge in [-0.3, -0.25) is 4.79 Å². The normalized spacial score (nSPS) is 20.8. The van der Waals surface area contributed by atoms with Crippen LogP contribution in [-0.4, -0.2) is 28.6 Å². The molecule has 0 aliphatic carbocycles. The summed E-state index contributed by atoms with van der Waals surface area (Å²) in [6.45, 7) is 0.250. The number of hydrogen-bond donors (Lipinski definition) is 3. The SMILES string of the molecule is Nc1ccc(C(O)CNC(=O)C2CCCCS2)cc1. The number of carbonyl (C=O) groups is 1. The van der Waals surface area contributed by atoms with Crippen LogP contribution in [0.1, 0.15) is 30.9 Å². The average molecular weight is 280 g/mol. The van der Waals surface area contributed by atoms with Gasteiger partial charge in [-0.15, -0.1) is 11.8 Å². The van der Waals surface area contributed by atoms with Crippen molar-refractivity contribution in [1.29, 1.82) is 0 Å². The third-order valence-corrected chi connectivity index (χ3v) is 4.64. The first kappa shape index (κ1) is 14.2. The van der Waals surface area contributed by atoms with Crippen LogP contribution in [0.3, 0.4) is 0 Å². The van der Waals surface area contributed by atoms with E-state index in [4.69, 9.17) is 5.73 Å². The smallest absolute Gasteiger partial charge is 0.233 e. The third kappa shape index (κ3) is 4.14. The zero-order chi connectivity index (χ0) is 13.7. The molecule has 4 N–H and O–H groups in total. The number of benzene rings is 1. The van der Waals surface area contributed by atoms with Gasteiger partial charge in [-0.2, -0.15) is 0 Å². The average Bonchev–Trinajstić information content (AvgIpc) is 2.46. The highest BCUT2D eigenvalue weighted by atomic mass is 32.2. The second kappa shape index (κ2) is 6.82. The van der Waals surface area contributed by atoms with Gasteiger partial charge in [0, 0.05) is 12.2 Å². The lowest BCUT2D eigenvalue weighted by molar-refractivity contribution is -0.121. The summed E-state index contributed by atoms with van der Waals surface area (Å²) in [6, 6.07) is 7.05. The summed E-state index contributed by atoms with van der Waals surface area (Å²) in [7, 11) is 0. The summed E-state index contributed by atoms with van der Waals surface area (Å²) in [5, 5.41) is 12.9. The van der Waals surface area contributed by atoms with Crippen LogP contribution >= 0.6 is 11.8 Å². The molecule has 1 amide bonds. The van der Waals surface area contributed by atoms with E-state index in [1.54, 1.807) is 36.0 Å². The van der Waals surface area contributed by atoms with Gasteiger partial charge in [0.15, 0.2) is 0 Å². The first-order chi connectivity index (χ1) is 9.16. The number of carbonyl (C=O) groups excluding carboxylic acids is 1. The Labute approximate surface area is 117 Å². The summed E-state index contributed by atoms with van der Waals surface area (Å²) in [5.74, 6) is 1.10. The van der Waals surface area contributed by atoms with Crippen LogP contribution in [0.4, 0.5) is 5.69 Å². The molecular formula is C14H20N2O2S. The molecule has 1 aliphatic rings. The number of rotatable bonds is 4. The largest absolute Gasteiger partial charge is 0.399 e. The van der Waals surface area contributed by atoms with Gasteiger partial charge in [0.25, 0.3) is 0 Å². The summed E-state index contributed by atoms with van der Waals surface area (Å²) in [5.41, 5.74) is 7.03. The molecule has 2 atom stereocenters. The van der Waals surface area contributed by atoms with Crippen molar-refractivity contribution in [3.05, 3.63) is 29.8 Å². The second-order valence-corrected chi connectivity index (χ2v) is 6.09. The third-order valence-electron chi connectivity index (χ3n) is 3.26. The summed E-state index contributed by atoms with van der Waals surface area (Å²) < 4.78 is 0. The van der Waals surface area contributed by atoms with Crippen molar-refractivity contribution in [3.63, 3.8) is 0 Å². The second-order valence-electron chi connectivity index (χ2n) is 4.78. The molecule has 0 saturated carbocycles. The first-order valence-electron chi connectivity index (χ1n) is 6.59. The predicted octanol–water partition coefficient (Wildman–Crippen LogP) is 1.70. The highest BCUT2D eigenvalue weighted by Crippen LogP contribution is 2.25. The van der Waals surface area contributed by atoms with Crippen LogP contribution in [0.15, 0.2) is 24.3 Å². The van der Waals surface area contributed by atoms with Crippen molar-refractivity contribution in [3.8, 4) is 0 Å². The summed E-state index contributed by atoms with van der Waals surface area (Å²) >= 11 is 1.71. The van der Waals surface area contributed by atoms with Crippen molar-refractivity contribution >= 4 is 23.4 Å². The van der Waals surface area contributed by atoms with E-state index >= 15 is 0 Å². The Balaban J connectivity index is 1.80. The number of nitrogens with one attached hydrogen (secondary N) is 1. The highest BCUT2D eigenvalue weighted by molar-refractivity contribution is 8.00. The maximum atomic E-state index is 11.9. The molecule has 2 unspecified atom stereocenters. The molecule has 5 heteroatoms. The minimum Gasteiger partial charge on any atom is -0.399 e. The number of aliphatic hydroxyl groups is 1. The van der Waals surface area contributed by atoms with Crippen molar-refractivity contribution in [1.82, 2.24) is 5.32 Å². The summed E-state index contributed by atoms with van der Waals surface area (Å²) in [6.07, 6.45) is 2.57. The fourth-order valence-electron chi connectivity index (χ4n) is 2.09. The van der Waals surface area contributed by atoms with E-state index in [9.17, 15) is 9.90 Å². The van der Waals surface area contributed by atoms with Crippen molar-refractivity contribution in [2.24, 2.45) is 0 Å². The Morgan fingerprint density at radius 2 is 2.16 bits per heavy atom. The van der Waals surface area contributed by atoms with Crippen LogP contribution in [-0.2, 0) is 4.79 Å². The van der Waals surface area contributed by atoms with E-state index in [2.05, 4.69) is 5.32 Å². The molecule has 1 aromatic rings. The Morgan fingerprint density at radius 3 is 2.79 bits per heavy atom. The fourth-order valence-corrected chi connectivity index (χ4v) is 3.32. The van der Waals surface area contributed by atoms with Gasteiger partial charge in [-0.05, 0) is 36.3 Å². The topological polar surface area (TPSA) is 75.3 Å². The van der Waals surface area contributed by atoms with E-state index in [-0.39, 0.29) is 17.7 Å². The minimum absolute atomic E-state index is 0.0409. The maximum absolute atomic E-state index is 11.9. The zero-order valence-electron chi connectivity index (χ0n) is 10.8. The molecule has 19 heavy (non-hydrogen) atoms. The van der Waals surface area contributed by atoms with E-state index in [1.165, 1.54) is 6.42 Å². The molecule has 0 bridgehead atoms. The number of nitrogen functional groups attached to an aromatic ring is 1. The lowest BCUT2D eigenvalue weighted by Gasteiger charge is -2.21. The molecule has 2 rings (SSSR count). The molecule has 1 heterocycles. The molecule has 1 fully saturated rings. The number of thioether (sulfide) groups is 1. The lowest BCUT2D eigenvalue weighted by atomic mass is 10.1. The van der Waals surface area contributed by atoms with Gasteiger partial charge >= 0.3 is 0 Å². The molecule has 1 saturated heterocycles. The monoisotopic (exact) mass is 280 g/mol. The van der Waals surface area contributed by atoms with Crippen LogP contribution in [0.2, 0.25) is 0 Å². The Hall–Kier alpha value is -1.20. The molecule has 4 nitrogen and oxygen atoms in total. The highest BCUT2D eigenvalue weighted by Gasteiger charge is 2.22. The fraction of sp³-hybridized carbons (Fsp3) is 0.500. The van der Waals surface area contributed by atoms with Gasteiger partial charge in [-0.25, -0.2) is 0 Å². The number of aliphatic hydroxyl groups excluding tert-OH is 1. The van der Waals surface area contributed by atoms with Gasteiger partial charge in [-0.1, -0.05) is 18.6 Å². The molecule has 104 valence electrons. The van der Waals surface area contributed by atoms with Gasteiger partial charge in [0.2, 0.25) is 5.91 Å². The molecule has 0 radical (unpaired) electrons. The van der Waals surface area contributed by atoms with Gasteiger partial charge in [0.05, 0.1) is 11.4 Å².